The fraction of sp³-hybridized carbons (Fsp3) is 0.500. The number of likely N-dealkylation sites (tertiary alicyclic amines) is 1. The van der Waals surface area contributed by atoms with Gasteiger partial charge in [-0.1, -0.05) is 0 Å². The number of aromatic nitrogens is 3. The summed E-state index contributed by atoms with van der Waals surface area (Å²) in [5, 5.41) is 10.4. The molecule has 0 unspecified atom stereocenters. The zero-order valence-corrected chi connectivity index (χ0v) is 15.0. The molecule has 2 aliphatic rings. The average Bonchev–Trinajstić information content (AvgIpc) is 3.32. The lowest BCUT2D eigenvalue weighted by Crippen LogP contribution is -2.29. The summed E-state index contributed by atoms with van der Waals surface area (Å²) in [6.07, 6.45) is 0.460. The van der Waals surface area contributed by atoms with E-state index in [1.165, 1.54) is 18.1 Å². The monoisotopic (exact) mass is 401 g/mol. The van der Waals surface area contributed by atoms with Crippen LogP contribution in [0.2, 0.25) is 0 Å². The van der Waals surface area contributed by atoms with Crippen LogP contribution in [0.25, 0.3) is 0 Å². The number of nitrogens with zero attached hydrogens (tertiary/aromatic N) is 5. The normalized spacial score (nSPS) is 22.3. The highest BCUT2D eigenvalue weighted by atomic mass is 32.1. The van der Waals surface area contributed by atoms with E-state index in [-0.39, 0.29) is 0 Å². The summed E-state index contributed by atoms with van der Waals surface area (Å²) in [4.78, 5) is 26.9. The molecule has 0 bridgehead atoms. The minimum absolute atomic E-state index is 0.749. The number of carbonyl (C=O) groups is 1. The van der Waals surface area contributed by atoms with Gasteiger partial charge in [0.05, 0.1) is 6.54 Å². The summed E-state index contributed by atoms with van der Waals surface area (Å²) in [5.41, 5.74) is 0. The van der Waals surface area contributed by atoms with Gasteiger partial charge in [0.25, 0.3) is 0 Å². The number of carboxylic acid groups (broad SMARTS) is 1. The first kappa shape index (κ1) is 19.5. The third-order valence-corrected chi connectivity index (χ3v) is 5.25. The Kier molecular flexibility index (Phi) is 5.90. The van der Waals surface area contributed by atoms with Crippen LogP contribution in [-0.2, 0) is 11.3 Å². The van der Waals surface area contributed by atoms with Crippen LogP contribution < -0.4 is 4.90 Å². The average molecular weight is 401 g/mol. The van der Waals surface area contributed by atoms with Gasteiger partial charge in [-0.15, -0.1) is 11.3 Å². The first-order chi connectivity index (χ1) is 12.8. The number of anilines is 1. The smallest absolute Gasteiger partial charge is 0.475 e. The topological polar surface area (TPSA) is 82.5 Å². The van der Waals surface area contributed by atoms with E-state index >= 15 is 0 Å². The highest BCUT2D eigenvalue weighted by molar-refractivity contribution is 7.09. The maximum absolute atomic E-state index is 10.6. The molecule has 2 saturated heterocycles. The molecule has 27 heavy (non-hydrogen) atoms. The van der Waals surface area contributed by atoms with Crippen LogP contribution in [0.4, 0.5) is 19.1 Å². The summed E-state index contributed by atoms with van der Waals surface area (Å²) >= 11 is 1.75. The molecule has 0 aromatic carbocycles. The summed E-state index contributed by atoms with van der Waals surface area (Å²) in [5.74, 6) is -0.376. The number of thiazole rings is 1. The number of fused-ring (bicyclic) bond motifs is 1. The lowest BCUT2D eigenvalue weighted by atomic mass is 10.0. The molecular weight excluding hydrogens is 383 g/mol. The number of rotatable bonds is 3. The molecule has 4 heterocycles. The highest BCUT2D eigenvalue weighted by Gasteiger charge is 2.40. The Balaban J connectivity index is 0.000000260. The van der Waals surface area contributed by atoms with Crippen LogP contribution in [0, 0.1) is 11.8 Å². The Morgan fingerprint density at radius 1 is 1.11 bits per heavy atom. The second kappa shape index (κ2) is 8.17. The zero-order valence-electron chi connectivity index (χ0n) is 14.2. The minimum Gasteiger partial charge on any atom is -0.475 e. The Morgan fingerprint density at radius 3 is 2.19 bits per heavy atom. The van der Waals surface area contributed by atoms with Crippen LogP contribution in [0.5, 0.6) is 0 Å². The number of hydrogen-bond acceptors (Lipinski definition) is 7. The van der Waals surface area contributed by atoms with Crippen LogP contribution in [-0.4, -0.2) is 63.3 Å². The third kappa shape index (κ3) is 5.13. The van der Waals surface area contributed by atoms with Crippen LogP contribution in [0.1, 0.15) is 5.01 Å². The largest absolute Gasteiger partial charge is 0.490 e. The Bertz CT molecular complexity index is 730. The van der Waals surface area contributed by atoms with Crippen molar-refractivity contribution >= 4 is 23.3 Å². The van der Waals surface area contributed by atoms with Crippen molar-refractivity contribution in [3.05, 3.63) is 35.0 Å². The molecule has 146 valence electrons. The predicted octanol–water partition coefficient (Wildman–Crippen LogP) is 2.13. The molecular formula is C16H18F3N5O2S. The van der Waals surface area contributed by atoms with E-state index in [1.807, 2.05) is 24.7 Å². The van der Waals surface area contributed by atoms with Crippen molar-refractivity contribution in [2.45, 2.75) is 12.7 Å². The Morgan fingerprint density at radius 2 is 1.70 bits per heavy atom. The molecule has 0 spiro atoms. The number of carboxylic acids is 1. The third-order valence-electron chi connectivity index (χ3n) is 4.48. The number of aliphatic carboxylic acids is 1. The molecule has 2 aromatic heterocycles. The first-order valence-corrected chi connectivity index (χ1v) is 9.13. The van der Waals surface area contributed by atoms with E-state index in [4.69, 9.17) is 9.90 Å². The van der Waals surface area contributed by atoms with Crippen molar-refractivity contribution in [3.8, 4) is 0 Å². The molecule has 0 radical (unpaired) electrons. The van der Waals surface area contributed by atoms with Crippen LogP contribution in [0.3, 0.4) is 0 Å². The van der Waals surface area contributed by atoms with E-state index in [9.17, 15) is 13.2 Å². The van der Waals surface area contributed by atoms with Crippen LogP contribution >= 0.6 is 11.3 Å². The first-order valence-electron chi connectivity index (χ1n) is 8.25. The maximum atomic E-state index is 10.6. The van der Waals surface area contributed by atoms with Gasteiger partial charge in [-0.2, -0.15) is 13.2 Å². The Hall–Kier alpha value is -2.27. The summed E-state index contributed by atoms with van der Waals surface area (Å²) in [6.45, 7) is 5.53. The molecule has 7 nitrogen and oxygen atoms in total. The predicted molar refractivity (Wildman–Crippen MR) is 92.3 cm³/mol. The lowest BCUT2D eigenvalue weighted by Gasteiger charge is -2.20. The van der Waals surface area contributed by atoms with E-state index in [1.54, 1.807) is 11.3 Å². The summed E-state index contributed by atoms with van der Waals surface area (Å²) < 4.78 is 31.7. The number of halogens is 3. The van der Waals surface area contributed by atoms with Crippen molar-refractivity contribution in [2.75, 3.05) is 31.1 Å². The van der Waals surface area contributed by atoms with Gasteiger partial charge < -0.3 is 10.0 Å². The standard InChI is InChI=1S/C14H17N5S.C2HF3O2/c1-2-16-14(17-3-1)19-8-11-6-18(7-12(11)9-19)10-13-15-4-5-20-13;3-2(4,5)1(6)7/h1-5,11-12H,6-10H2;(H,6,7)/t11-,12+;. The fourth-order valence-electron chi connectivity index (χ4n) is 3.36. The zero-order chi connectivity index (χ0) is 19.4. The molecule has 2 fully saturated rings. The number of alkyl halides is 3. The van der Waals surface area contributed by atoms with Crippen molar-refractivity contribution in [1.82, 2.24) is 19.9 Å². The summed E-state index contributed by atoms with van der Waals surface area (Å²) in [7, 11) is 0. The van der Waals surface area contributed by atoms with Crippen molar-refractivity contribution < 1.29 is 23.1 Å². The molecule has 2 aromatic rings. The Labute approximate surface area is 157 Å². The van der Waals surface area contributed by atoms with Gasteiger partial charge in [-0.05, 0) is 17.9 Å². The number of hydrogen-bond donors (Lipinski definition) is 1. The fourth-order valence-corrected chi connectivity index (χ4v) is 4.02. The maximum Gasteiger partial charge on any atom is 0.490 e. The van der Waals surface area contributed by atoms with Gasteiger partial charge in [-0.25, -0.2) is 19.7 Å². The molecule has 1 N–H and O–H groups in total. The molecule has 11 heteroatoms. The summed E-state index contributed by atoms with van der Waals surface area (Å²) in [6, 6.07) is 1.87. The van der Waals surface area contributed by atoms with Gasteiger partial charge >= 0.3 is 12.1 Å². The molecule has 0 saturated carbocycles. The second-order valence-corrected chi connectivity index (χ2v) is 7.38. The van der Waals surface area contributed by atoms with E-state index in [0.29, 0.717) is 0 Å². The van der Waals surface area contributed by atoms with Gasteiger partial charge in [0.15, 0.2) is 0 Å². The minimum atomic E-state index is -5.08. The van der Waals surface area contributed by atoms with E-state index in [2.05, 4.69) is 30.1 Å². The van der Waals surface area contributed by atoms with Crippen molar-refractivity contribution in [3.63, 3.8) is 0 Å². The van der Waals surface area contributed by atoms with Gasteiger partial charge in [-0.3, -0.25) is 4.90 Å². The van der Waals surface area contributed by atoms with Gasteiger partial charge in [0.1, 0.15) is 5.01 Å². The van der Waals surface area contributed by atoms with Crippen LogP contribution in [0.15, 0.2) is 30.0 Å². The van der Waals surface area contributed by atoms with E-state index < -0.39 is 12.1 Å². The van der Waals surface area contributed by atoms with Gasteiger partial charge in [0.2, 0.25) is 5.95 Å². The SMILES string of the molecule is O=C(O)C(F)(F)F.c1cnc(N2C[C@H]3CN(Cc4nccs4)C[C@H]3C2)nc1. The van der Waals surface area contributed by atoms with Crippen molar-refractivity contribution in [2.24, 2.45) is 11.8 Å². The molecule has 2 atom stereocenters. The van der Waals surface area contributed by atoms with Gasteiger partial charge in [0, 0.05) is 50.1 Å². The van der Waals surface area contributed by atoms with Crippen molar-refractivity contribution in [1.29, 1.82) is 0 Å². The highest BCUT2D eigenvalue weighted by Crippen LogP contribution is 2.33. The lowest BCUT2D eigenvalue weighted by molar-refractivity contribution is -0.192. The molecule has 0 amide bonds. The molecule has 2 aliphatic heterocycles. The molecule has 0 aliphatic carbocycles. The quantitative estimate of drug-likeness (QED) is 0.844. The molecule has 4 rings (SSSR count). The van der Waals surface area contributed by atoms with E-state index in [0.717, 1.165) is 37.4 Å². The second-order valence-electron chi connectivity index (χ2n) is 6.40.